The SMILES string of the molecule is O=C(Cc1ccccc1O)N1CCC[C@@H](CCc2c(F)cccc2F)C1. The van der Waals surface area contributed by atoms with Gasteiger partial charge in [0.05, 0.1) is 6.42 Å². The number of benzene rings is 2. The van der Waals surface area contributed by atoms with Crippen LogP contribution in [0.5, 0.6) is 5.75 Å². The Morgan fingerprint density at radius 3 is 2.58 bits per heavy atom. The van der Waals surface area contributed by atoms with E-state index in [1.54, 1.807) is 29.2 Å². The predicted molar refractivity (Wildman–Crippen MR) is 95.8 cm³/mol. The van der Waals surface area contributed by atoms with Crippen molar-refractivity contribution in [2.24, 2.45) is 5.92 Å². The molecule has 1 aliphatic rings. The summed E-state index contributed by atoms with van der Waals surface area (Å²) in [5.74, 6) is -0.671. The number of halogens is 2. The third-order valence-corrected chi connectivity index (χ3v) is 5.07. The Balaban J connectivity index is 1.57. The van der Waals surface area contributed by atoms with Crippen LogP contribution in [0.4, 0.5) is 8.78 Å². The van der Waals surface area contributed by atoms with Gasteiger partial charge in [0.15, 0.2) is 0 Å². The first-order valence-electron chi connectivity index (χ1n) is 9.02. The molecule has 1 heterocycles. The predicted octanol–water partition coefficient (Wildman–Crippen LogP) is 4.08. The first kappa shape index (κ1) is 18.4. The molecule has 5 heteroatoms. The molecular weight excluding hydrogens is 336 g/mol. The average molecular weight is 359 g/mol. The highest BCUT2D eigenvalue weighted by molar-refractivity contribution is 5.79. The van der Waals surface area contributed by atoms with Crippen molar-refractivity contribution in [3.63, 3.8) is 0 Å². The fourth-order valence-electron chi connectivity index (χ4n) is 3.58. The lowest BCUT2D eigenvalue weighted by Crippen LogP contribution is -2.40. The fourth-order valence-corrected chi connectivity index (χ4v) is 3.58. The van der Waals surface area contributed by atoms with Gasteiger partial charge in [0.1, 0.15) is 17.4 Å². The van der Waals surface area contributed by atoms with Gasteiger partial charge in [-0.25, -0.2) is 8.78 Å². The van der Waals surface area contributed by atoms with Gasteiger partial charge in [0.2, 0.25) is 5.91 Å². The van der Waals surface area contributed by atoms with Crippen molar-refractivity contribution in [1.82, 2.24) is 4.90 Å². The zero-order chi connectivity index (χ0) is 18.5. The van der Waals surface area contributed by atoms with Crippen LogP contribution in [0.3, 0.4) is 0 Å². The quantitative estimate of drug-likeness (QED) is 0.874. The number of carbonyl (C=O) groups is 1. The van der Waals surface area contributed by atoms with E-state index in [2.05, 4.69) is 0 Å². The molecule has 2 aromatic carbocycles. The van der Waals surface area contributed by atoms with Crippen LogP contribution in [0.25, 0.3) is 0 Å². The largest absolute Gasteiger partial charge is 0.508 e. The molecule has 0 unspecified atom stereocenters. The maximum Gasteiger partial charge on any atom is 0.227 e. The van der Waals surface area contributed by atoms with E-state index < -0.39 is 11.6 Å². The molecule has 3 nitrogen and oxygen atoms in total. The van der Waals surface area contributed by atoms with Gasteiger partial charge in [0, 0.05) is 24.2 Å². The zero-order valence-electron chi connectivity index (χ0n) is 14.6. The molecule has 0 aliphatic carbocycles. The van der Waals surface area contributed by atoms with E-state index in [0.29, 0.717) is 31.5 Å². The van der Waals surface area contributed by atoms with Crippen LogP contribution in [-0.4, -0.2) is 29.0 Å². The number of carbonyl (C=O) groups excluding carboxylic acids is 1. The minimum absolute atomic E-state index is 0.0201. The van der Waals surface area contributed by atoms with E-state index in [1.165, 1.54) is 18.2 Å². The Bertz CT molecular complexity index is 758. The number of hydrogen-bond acceptors (Lipinski definition) is 2. The molecular formula is C21H23F2NO2. The number of hydrogen-bond donors (Lipinski definition) is 1. The van der Waals surface area contributed by atoms with Crippen LogP contribution < -0.4 is 0 Å². The highest BCUT2D eigenvalue weighted by atomic mass is 19.1. The molecule has 0 spiro atoms. The van der Waals surface area contributed by atoms with Gasteiger partial charge < -0.3 is 10.0 Å². The Morgan fingerprint density at radius 1 is 1.12 bits per heavy atom. The van der Waals surface area contributed by atoms with Crippen LogP contribution in [0.2, 0.25) is 0 Å². The fraction of sp³-hybridized carbons (Fsp3) is 0.381. The van der Waals surface area contributed by atoms with E-state index in [4.69, 9.17) is 0 Å². The summed E-state index contributed by atoms with van der Waals surface area (Å²) in [6, 6.07) is 10.8. The monoisotopic (exact) mass is 359 g/mol. The first-order valence-corrected chi connectivity index (χ1v) is 9.02. The lowest BCUT2D eigenvalue weighted by molar-refractivity contribution is -0.132. The van der Waals surface area contributed by atoms with Gasteiger partial charge in [-0.1, -0.05) is 24.3 Å². The van der Waals surface area contributed by atoms with Crippen molar-refractivity contribution in [3.05, 3.63) is 65.2 Å². The maximum absolute atomic E-state index is 13.8. The van der Waals surface area contributed by atoms with E-state index in [0.717, 1.165) is 12.8 Å². The summed E-state index contributed by atoms with van der Waals surface area (Å²) in [6.45, 7) is 1.29. The summed E-state index contributed by atoms with van der Waals surface area (Å²) >= 11 is 0. The molecule has 1 atom stereocenters. The molecule has 1 fully saturated rings. The average Bonchev–Trinajstić information content (AvgIpc) is 2.63. The number of phenolic OH excluding ortho intramolecular Hbond substituents is 1. The second kappa shape index (κ2) is 8.30. The van der Waals surface area contributed by atoms with Crippen molar-refractivity contribution in [2.75, 3.05) is 13.1 Å². The van der Waals surface area contributed by atoms with E-state index in [9.17, 15) is 18.7 Å². The van der Waals surface area contributed by atoms with Gasteiger partial charge in [-0.05, 0) is 49.8 Å². The molecule has 0 aromatic heterocycles. The number of para-hydroxylation sites is 1. The summed E-state index contributed by atoms with van der Waals surface area (Å²) in [5.41, 5.74) is 0.748. The zero-order valence-corrected chi connectivity index (χ0v) is 14.6. The molecule has 1 aliphatic heterocycles. The third-order valence-electron chi connectivity index (χ3n) is 5.07. The van der Waals surface area contributed by atoms with Crippen LogP contribution in [0, 0.1) is 17.6 Å². The van der Waals surface area contributed by atoms with Crippen LogP contribution in [-0.2, 0) is 17.6 Å². The van der Waals surface area contributed by atoms with Gasteiger partial charge in [-0.15, -0.1) is 0 Å². The lowest BCUT2D eigenvalue weighted by Gasteiger charge is -2.33. The minimum Gasteiger partial charge on any atom is -0.508 e. The van der Waals surface area contributed by atoms with Gasteiger partial charge in [0.25, 0.3) is 0 Å². The summed E-state index contributed by atoms with van der Waals surface area (Å²) < 4.78 is 27.5. The highest BCUT2D eigenvalue weighted by Gasteiger charge is 2.24. The number of nitrogens with zero attached hydrogens (tertiary/aromatic N) is 1. The second-order valence-corrected chi connectivity index (χ2v) is 6.89. The van der Waals surface area contributed by atoms with Crippen molar-refractivity contribution in [1.29, 1.82) is 0 Å². The number of rotatable bonds is 5. The Morgan fingerprint density at radius 2 is 1.85 bits per heavy atom. The van der Waals surface area contributed by atoms with Crippen LogP contribution >= 0.6 is 0 Å². The second-order valence-electron chi connectivity index (χ2n) is 6.89. The Hall–Kier alpha value is -2.43. The van der Waals surface area contributed by atoms with E-state index in [1.807, 2.05) is 0 Å². The van der Waals surface area contributed by atoms with Crippen molar-refractivity contribution in [2.45, 2.75) is 32.1 Å². The van der Waals surface area contributed by atoms with Gasteiger partial charge in [-0.2, -0.15) is 0 Å². The number of amides is 1. The van der Waals surface area contributed by atoms with E-state index in [-0.39, 0.29) is 29.6 Å². The third kappa shape index (κ3) is 4.40. The number of piperidine rings is 1. The summed E-state index contributed by atoms with van der Waals surface area (Å²) in [5, 5.41) is 9.83. The minimum atomic E-state index is -0.506. The molecule has 1 N–H and O–H groups in total. The molecule has 0 radical (unpaired) electrons. The summed E-state index contributed by atoms with van der Waals surface area (Å²) in [6.07, 6.45) is 3.00. The molecule has 0 saturated carbocycles. The van der Waals surface area contributed by atoms with Crippen molar-refractivity contribution < 1.29 is 18.7 Å². The Labute approximate surface area is 152 Å². The normalized spacial score (nSPS) is 17.3. The highest BCUT2D eigenvalue weighted by Crippen LogP contribution is 2.25. The molecule has 2 aromatic rings. The number of phenols is 1. The number of aromatic hydroxyl groups is 1. The first-order chi connectivity index (χ1) is 12.5. The molecule has 0 bridgehead atoms. The van der Waals surface area contributed by atoms with Crippen LogP contribution in [0.1, 0.15) is 30.4 Å². The molecule has 1 amide bonds. The van der Waals surface area contributed by atoms with E-state index >= 15 is 0 Å². The summed E-state index contributed by atoms with van der Waals surface area (Å²) in [7, 11) is 0. The summed E-state index contributed by atoms with van der Waals surface area (Å²) in [4.78, 5) is 14.3. The van der Waals surface area contributed by atoms with Gasteiger partial charge in [-0.3, -0.25) is 4.79 Å². The molecule has 26 heavy (non-hydrogen) atoms. The topological polar surface area (TPSA) is 40.5 Å². The Kier molecular flexibility index (Phi) is 5.86. The standard InChI is InChI=1S/C21H23F2NO2/c22-18-7-3-8-19(23)17(18)11-10-15-5-4-12-24(14-15)21(26)13-16-6-1-2-9-20(16)25/h1-3,6-9,15,25H,4-5,10-14H2/t15-/m0/s1. The number of likely N-dealkylation sites (tertiary alicyclic amines) is 1. The smallest absolute Gasteiger partial charge is 0.227 e. The van der Waals surface area contributed by atoms with Crippen molar-refractivity contribution in [3.8, 4) is 5.75 Å². The van der Waals surface area contributed by atoms with Gasteiger partial charge >= 0.3 is 0 Å². The lowest BCUT2D eigenvalue weighted by atomic mass is 9.91. The maximum atomic E-state index is 13.8. The molecule has 1 saturated heterocycles. The van der Waals surface area contributed by atoms with Crippen LogP contribution in [0.15, 0.2) is 42.5 Å². The van der Waals surface area contributed by atoms with Crippen molar-refractivity contribution >= 4 is 5.91 Å². The molecule has 138 valence electrons. The molecule has 3 rings (SSSR count).